The standard InChI is InChI=1S/C21H30N2O3S/c1-13-10-15-11-14(6-7-17(15)23(13)27(5,25)26)19(24)22-18-12-16-8-9-21(18,4)20(16,2)3/h6-7,11,13,16,18H,8-10,12H2,1-5H3,(H,22,24). The number of hydrogen-bond acceptors (Lipinski definition) is 3. The van der Waals surface area contributed by atoms with Crippen LogP contribution in [0.4, 0.5) is 5.69 Å². The van der Waals surface area contributed by atoms with Gasteiger partial charge in [-0.15, -0.1) is 0 Å². The summed E-state index contributed by atoms with van der Waals surface area (Å²) in [6.07, 6.45) is 5.35. The molecule has 2 bridgehead atoms. The van der Waals surface area contributed by atoms with Crippen LogP contribution in [-0.2, 0) is 16.4 Å². The van der Waals surface area contributed by atoms with Gasteiger partial charge in [0.15, 0.2) is 0 Å². The first kappa shape index (κ1) is 18.8. The van der Waals surface area contributed by atoms with Gasteiger partial charge in [-0.05, 0) is 73.1 Å². The second-order valence-corrected chi connectivity index (χ2v) is 11.5. The lowest BCUT2D eigenvalue weighted by Gasteiger charge is -2.39. The summed E-state index contributed by atoms with van der Waals surface area (Å²) in [5.74, 6) is 0.634. The fraction of sp³-hybridized carbons (Fsp3) is 0.667. The molecule has 1 aliphatic heterocycles. The Morgan fingerprint density at radius 3 is 2.52 bits per heavy atom. The molecule has 0 aromatic heterocycles. The van der Waals surface area contributed by atoms with Crippen LogP contribution in [0.1, 0.15) is 62.9 Å². The quantitative estimate of drug-likeness (QED) is 0.861. The van der Waals surface area contributed by atoms with Gasteiger partial charge in [0.2, 0.25) is 10.0 Å². The van der Waals surface area contributed by atoms with E-state index in [1.807, 2.05) is 13.0 Å². The zero-order valence-electron chi connectivity index (χ0n) is 16.9. The Kier molecular flexibility index (Phi) is 3.98. The minimum Gasteiger partial charge on any atom is -0.349 e. The molecule has 4 unspecified atom stereocenters. The van der Waals surface area contributed by atoms with Crippen molar-refractivity contribution in [3.8, 4) is 0 Å². The van der Waals surface area contributed by atoms with Crippen molar-refractivity contribution in [1.29, 1.82) is 0 Å². The number of sulfonamides is 1. The van der Waals surface area contributed by atoms with Gasteiger partial charge in [-0.25, -0.2) is 8.42 Å². The van der Waals surface area contributed by atoms with Gasteiger partial charge in [0.1, 0.15) is 0 Å². The van der Waals surface area contributed by atoms with Gasteiger partial charge in [0.25, 0.3) is 5.91 Å². The van der Waals surface area contributed by atoms with Crippen molar-refractivity contribution in [3.05, 3.63) is 29.3 Å². The van der Waals surface area contributed by atoms with Crippen LogP contribution in [0, 0.1) is 16.7 Å². The first-order valence-corrected chi connectivity index (χ1v) is 11.7. The number of fused-ring (bicyclic) bond motifs is 3. The summed E-state index contributed by atoms with van der Waals surface area (Å²) in [5, 5.41) is 3.30. The van der Waals surface area contributed by atoms with Crippen LogP contribution in [0.3, 0.4) is 0 Å². The highest BCUT2D eigenvalue weighted by atomic mass is 32.2. The van der Waals surface area contributed by atoms with Gasteiger partial charge >= 0.3 is 0 Å². The van der Waals surface area contributed by atoms with Crippen LogP contribution in [0.25, 0.3) is 0 Å². The summed E-state index contributed by atoms with van der Waals surface area (Å²) in [7, 11) is -3.31. The lowest BCUT2D eigenvalue weighted by atomic mass is 9.69. The lowest BCUT2D eigenvalue weighted by molar-refractivity contribution is 0.0826. The number of nitrogens with one attached hydrogen (secondary N) is 1. The Hall–Kier alpha value is -1.56. The molecule has 0 radical (unpaired) electrons. The molecule has 27 heavy (non-hydrogen) atoms. The van der Waals surface area contributed by atoms with Gasteiger partial charge in [-0.3, -0.25) is 9.10 Å². The van der Waals surface area contributed by atoms with Crippen LogP contribution < -0.4 is 9.62 Å². The van der Waals surface area contributed by atoms with Gasteiger partial charge in [-0.1, -0.05) is 20.8 Å². The van der Waals surface area contributed by atoms with E-state index in [1.54, 1.807) is 12.1 Å². The van der Waals surface area contributed by atoms with Crippen LogP contribution in [0.2, 0.25) is 0 Å². The first-order valence-electron chi connectivity index (χ1n) is 9.88. The molecule has 0 saturated heterocycles. The second kappa shape index (κ2) is 5.72. The van der Waals surface area contributed by atoms with Crippen molar-refractivity contribution < 1.29 is 13.2 Å². The molecule has 1 N–H and O–H groups in total. The smallest absolute Gasteiger partial charge is 0.251 e. The number of amides is 1. The zero-order chi connectivity index (χ0) is 19.8. The molecule has 1 heterocycles. The molecular formula is C21H30N2O3S. The predicted molar refractivity (Wildman–Crippen MR) is 107 cm³/mol. The summed E-state index contributed by atoms with van der Waals surface area (Å²) in [6, 6.07) is 5.50. The van der Waals surface area contributed by atoms with E-state index in [4.69, 9.17) is 0 Å². The minimum atomic E-state index is -3.31. The molecule has 3 aliphatic rings. The molecule has 1 aromatic rings. The Morgan fingerprint density at radius 2 is 1.96 bits per heavy atom. The summed E-state index contributed by atoms with van der Waals surface area (Å²) in [5.41, 5.74) is 2.66. The average Bonchev–Trinajstić information content (AvgIpc) is 3.07. The Bertz CT molecular complexity index is 908. The third-order valence-corrected chi connectivity index (χ3v) is 9.22. The van der Waals surface area contributed by atoms with E-state index >= 15 is 0 Å². The van der Waals surface area contributed by atoms with E-state index in [1.165, 1.54) is 23.4 Å². The number of carbonyl (C=O) groups is 1. The van der Waals surface area contributed by atoms with Gasteiger partial charge < -0.3 is 5.32 Å². The van der Waals surface area contributed by atoms with Crippen LogP contribution >= 0.6 is 0 Å². The number of nitrogens with zero attached hydrogens (tertiary/aromatic N) is 1. The summed E-state index contributed by atoms with van der Waals surface area (Å²) in [4.78, 5) is 12.9. The molecule has 5 nitrogen and oxygen atoms in total. The largest absolute Gasteiger partial charge is 0.349 e. The summed E-state index contributed by atoms with van der Waals surface area (Å²) in [6.45, 7) is 8.90. The molecule has 148 valence electrons. The minimum absolute atomic E-state index is 0.0437. The monoisotopic (exact) mass is 390 g/mol. The Labute approximate surface area is 162 Å². The second-order valence-electron chi connectivity index (χ2n) is 9.59. The highest BCUT2D eigenvalue weighted by molar-refractivity contribution is 7.92. The predicted octanol–water partition coefficient (Wildman–Crippen LogP) is 3.34. The van der Waals surface area contributed by atoms with Crippen molar-refractivity contribution in [1.82, 2.24) is 5.32 Å². The maximum atomic E-state index is 12.9. The molecular weight excluding hydrogens is 360 g/mol. The Morgan fingerprint density at radius 1 is 1.26 bits per heavy atom. The molecule has 1 aromatic carbocycles. The number of hydrogen-bond donors (Lipinski definition) is 1. The highest BCUT2D eigenvalue weighted by Gasteiger charge is 2.61. The molecule has 2 fully saturated rings. The molecule has 4 atom stereocenters. The fourth-order valence-electron chi connectivity index (χ4n) is 5.91. The summed E-state index contributed by atoms with van der Waals surface area (Å²) >= 11 is 0. The van der Waals surface area contributed by atoms with Crippen LogP contribution in [0.5, 0.6) is 0 Å². The van der Waals surface area contributed by atoms with E-state index in [0.717, 1.165) is 12.0 Å². The molecule has 2 saturated carbocycles. The van der Waals surface area contributed by atoms with Crippen molar-refractivity contribution in [2.75, 3.05) is 10.6 Å². The normalized spacial score (nSPS) is 34.0. The van der Waals surface area contributed by atoms with Crippen molar-refractivity contribution >= 4 is 21.6 Å². The molecule has 0 spiro atoms. The number of anilines is 1. The van der Waals surface area contributed by atoms with Crippen LogP contribution in [-0.4, -0.2) is 32.7 Å². The number of benzene rings is 1. The van der Waals surface area contributed by atoms with Crippen molar-refractivity contribution in [3.63, 3.8) is 0 Å². The van der Waals surface area contributed by atoms with Gasteiger partial charge in [0, 0.05) is 17.6 Å². The Balaban J connectivity index is 1.56. The molecule has 4 rings (SSSR count). The number of rotatable bonds is 3. The highest BCUT2D eigenvalue weighted by Crippen LogP contribution is 2.65. The first-order chi connectivity index (χ1) is 12.4. The molecule has 6 heteroatoms. The van der Waals surface area contributed by atoms with E-state index in [2.05, 4.69) is 26.1 Å². The SMILES string of the molecule is CC1Cc2cc(C(=O)NC3CC4CCC3(C)C4(C)C)ccc2N1S(C)(=O)=O. The molecule has 1 amide bonds. The fourth-order valence-corrected chi connectivity index (χ4v) is 7.18. The van der Waals surface area contributed by atoms with E-state index < -0.39 is 10.0 Å². The maximum Gasteiger partial charge on any atom is 0.251 e. The van der Waals surface area contributed by atoms with E-state index in [0.29, 0.717) is 23.6 Å². The lowest BCUT2D eigenvalue weighted by Crippen LogP contribution is -2.46. The van der Waals surface area contributed by atoms with E-state index in [-0.39, 0.29) is 28.8 Å². The zero-order valence-corrected chi connectivity index (χ0v) is 17.7. The van der Waals surface area contributed by atoms with Gasteiger partial charge in [-0.2, -0.15) is 0 Å². The van der Waals surface area contributed by atoms with Crippen molar-refractivity contribution in [2.24, 2.45) is 16.7 Å². The summed E-state index contributed by atoms with van der Waals surface area (Å²) < 4.78 is 25.6. The third kappa shape index (κ3) is 2.63. The van der Waals surface area contributed by atoms with Crippen LogP contribution in [0.15, 0.2) is 18.2 Å². The van der Waals surface area contributed by atoms with Gasteiger partial charge in [0.05, 0.1) is 11.9 Å². The van der Waals surface area contributed by atoms with E-state index in [9.17, 15) is 13.2 Å². The van der Waals surface area contributed by atoms with Crippen molar-refractivity contribution in [2.45, 2.75) is 65.5 Å². The third-order valence-electron chi connectivity index (χ3n) is 7.95. The molecule has 2 aliphatic carbocycles. The maximum absolute atomic E-state index is 12.9. The average molecular weight is 391 g/mol. The topological polar surface area (TPSA) is 66.5 Å². The number of carbonyl (C=O) groups excluding carboxylic acids is 1.